The van der Waals surface area contributed by atoms with Crippen LogP contribution in [-0.4, -0.2) is 61.6 Å². The van der Waals surface area contributed by atoms with E-state index in [0.29, 0.717) is 19.0 Å². The second kappa shape index (κ2) is 12.0. The topological polar surface area (TPSA) is 60.0 Å². The van der Waals surface area contributed by atoms with Crippen molar-refractivity contribution in [2.75, 3.05) is 37.6 Å². The summed E-state index contributed by atoms with van der Waals surface area (Å²) in [4.78, 5) is 22.0. The zero-order valence-electron chi connectivity index (χ0n) is 18.8. The molecule has 7 heteroatoms. The van der Waals surface area contributed by atoms with Crippen molar-refractivity contribution in [2.45, 2.75) is 70.4 Å². The second-order valence-corrected chi connectivity index (χ2v) is 8.85. The standard InChI is InChI=1S/C24H37N5O.HI/c1-2-25-24(27-20-14-16-28(18-20)21-9-4-5-10-21)26-15-7-12-23(30)29-17-13-19-8-3-6-11-22(19)29;/h3,6,8,11,20-21H,2,4-5,7,9-10,12-18H2,1H3,(H2,25,26,27);1H. The summed E-state index contributed by atoms with van der Waals surface area (Å²) in [5.41, 5.74) is 2.37. The van der Waals surface area contributed by atoms with E-state index in [1.807, 2.05) is 17.0 Å². The number of fused-ring (bicyclic) bond motifs is 1. The summed E-state index contributed by atoms with van der Waals surface area (Å²) >= 11 is 0. The van der Waals surface area contributed by atoms with Gasteiger partial charge < -0.3 is 15.5 Å². The van der Waals surface area contributed by atoms with Crippen molar-refractivity contribution in [1.82, 2.24) is 15.5 Å². The van der Waals surface area contributed by atoms with Crippen LogP contribution in [0.25, 0.3) is 0 Å². The van der Waals surface area contributed by atoms with Crippen molar-refractivity contribution in [3.05, 3.63) is 29.8 Å². The predicted octanol–water partition coefficient (Wildman–Crippen LogP) is 3.55. The van der Waals surface area contributed by atoms with E-state index in [4.69, 9.17) is 4.99 Å². The lowest BCUT2D eigenvalue weighted by Crippen LogP contribution is -2.45. The van der Waals surface area contributed by atoms with Gasteiger partial charge in [0, 0.05) is 56.9 Å². The number of likely N-dealkylation sites (tertiary alicyclic amines) is 1. The minimum atomic E-state index is 0. The summed E-state index contributed by atoms with van der Waals surface area (Å²) in [5, 5.41) is 7.00. The highest BCUT2D eigenvalue weighted by atomic mass is 127. The van der Waals surface area contributed by atoms with Crippen LogP contribution in [-0.2, 0) is 11.2 Å². The number of guanidine groups is 1. The van der Waals surface area contributed by atoms with Crippen molar-refractivity contribution >= 4 is 41.5 Å². The number of rotatable bonds is 7. The van der Waals surface area contributed by atoms with Gasteiger partial charge in [-0.05, 0) is 50.7 Å². The lowest BCUT2D eigenvalue weighted by molar-refractivity contribution is -0.118. The Morgan fingerprint density at radius 1 is 1.16 bits per heavy atom. The van der Waals surface area contributed by atoms with E-state index >= 15 is 0 Å². The van der Waals surface area contributed by atoms with Gasteiger partial charge in [-0.2, -0.15) is 0 Å². The zero-order chi connectivity index (χ0) is 20.8. The average molecular weight is 540 g/mol. The van der Waals surface area contributed by atoms with Crippen molar-refractivity contribution in [3.63, 3.8) is 0 Å². The van der Waals surface area contributed by atoms with Crippen molar-refractivity contribution in [1.29, 1.82) is 0 Å². The fourth-order valence-corrected chi connectivity index (χ4v) is 5.17. The number of nitrogens with zero attached hydrogens (tertiary/aromatic N) is 3. The van der Waals surface area contributed by atoms with E-state index in [-0.39, 0.29) is 29.9 Å². The van der Waals surface area contributed by atoms with Crippen molar-refractivity contribution in [3.8, 4) is 0 Å². The molecule has 31 heavy (non-hydrogen) atoms. The smallest absolute Gasteiger partial charge is 0.227 e. The Kier molecular flexibility index (Phi) is 9.44. The number of hydrogen-bond donors (Lipinski definition) is 2. The normalized spacial score (nSPS) is 21.8. The van der Waals surface area contributed by atoms with Gasteiger partial charge in [0.2, 0.25) is 5.91 Å². The molecule has 2 heterocycles. The molecule has 0 radical (unpaired) electrons. The number of nitrogens with one attached hydrogen (secondary N) is 2. The Bertz CT molecular complexity index is 749. The summed E-state index contributed by atoms with van der Waals surface area (Å²) in [5.74, 6) is 1.12. The van der Waals surface area contributed by atoms with Crippen LogP contribution in [0.2, 0.25) is 0 Å². The predicted molar refractivity (Wildman–Crippen MR) is 138 cm³/mol. The van der Waals surface area contributed by atoms with Gasteiger partial charge in [0.15, 0.2) is 5.96 Å². The third-order valence-corrected chi connectivity index (χ3v) is 6.75. The van der Waals surface area contributed by atoms with Crippen LogP contribution >= 0.6 is 24.0 Å². The molecule has 4 rings (SSSR count). The molecule has 1 aromatic carbocycles. The van der Waals surface area contributed by atoms with Crippen LogP contribution in [0.5, 0.6) is 0 Å². The van der Waals surface area contributed by atoms with Crippen LogP contribution in [0, 0.1) is 0 Å². The van der Waals surface area contributed by atoms with E-state index in [1.165, 1.54) is 44.2 Å². The van der Waals surface area contributed by atoms with E-state index in [9.17, 15) is 4.79 Å². The number of carbonyl (C=O) groups excluding carboxylic acids is 1. The third kappa shape index (κ3) is 6.34. The Balaban J connectivity index is 0.00000272. The van der Waals surface area contributed by atoms with Gasteiger partial charge in [0.05, 0.1) is 0 Å². The first-order valence-corrected chi connectivity index (χ1v) is 11.9. The summed E-state index contributed by atoms with van der Waals surface area (Å²) < 4.78 is 0. The van der Waals surface area contributed by atoms with Gasteiger partial charge in [-0.25, -0.2) is 0 Å². The molecule has 1 aliphatic carbocycles. The SMILES string of the molecule is CCNC(=NCCCC(=O)N1CCc2ccccc21)NC1CCN(C2CCCC2)C1.I. The minimum absolute atomic E-state index is 0. The molecule has 0 aromatic heterocycles. The van der Waals surface area contributed by atoms with Crippen molar-refractivity contribution in [2.24, 2.45) is 4.99 Å². The lowest BCUT2D eigenvalue weighted by atomic mass is 10.2. The highest BCUT2D eigenvalue weighted by Crippen LogP contribution is 2.28. The second-order valence-electron chi connectivity index (χ2n) is 8.85. The number of carbonyl (C=O) groups is 1. The maximum absolute atomic E-state index is 12.7. The first-order valence-electron chi connectivity index (χ1n) is 11.9. The fourth-order valence-electron chi connectivity index (χ4n) is 5.17. The molecule has 0 spiro atoms. The van der Waals surface area contributed by atoms with Gasteiger partial charge in [-0.3, -0.25) is 14.7 Å². The van der Waals surface area contributed by atoms with Crippen LogP contribution in [0.1, 0.15) is 57.4 Å². The highest BCUT2D eigenvalue weighted by Gasteiger charge is 2.30. The van der Waals surface area contributed by atoms with Gasteiger partial charge >= 0.3 is 0 Å². The quantitative estimate of drug-likeness (QED) is 0.241. The molecule has 1 saturated heterocycles. The highest BCUT2D eigenvalue weighted by molar-refractivity contribution is 14.0. The third-order valence-electron chi connectivity index (χ3n) is 6.75. The molecule has 2 aliphatic heterocycles. The lowest BCUT2D eigenvalue weighted by Gasteiger charge is -2.24. The summed E-state index contributed by atoms with van der Waals surface area (Å²) in [7, 11) is 0. The number of benzene rings is 1. The van der Waals surface area contributed by atoms with Crippen LogP contribution in [0.15, 0.2) is 29.3 Å². The minimum Gasteiger partial charge on any atom is -0.357 e. The molecule has 172 valence electrons. The number of para-hydroxylation sites is 1. The molecule has 1 atom stereocenters. The van der Waals surface area contributed by atoms with E-state index in [2.05, 4.69) is 34.6 Å². The molecular formula is C24H38IN5O. The van der Waals surface area contributed by atoms with Crippen LogP contribution in [0.4, 0.5) is 5.69 Å². The summed E-state index contributed by atoms with van der Waals surface area (Å²) in [6.45, 7) is 6.77. The molecule has 6 nitrogen and oxygen atoms in total. The Hall–Kier alpha value is -1.35. The molecule has 1 amide bonds. The van der Waals surface area contributed by atoms with Gasteiger partial charge in [0.25, 0.3) is 0 Å². The van der Waals surface area contributed by atoms with Crippen molar-refractivity contribution < 1.29 is 4.79 Å². The number of aliphatic imine (C=N–C) groups is 1. The van der Waals surface area contributed by atoms with Gasteiger partial charge in [-0.15, -0.1) is 24.0 Å². The fraction of sp³-hybridized carbons (Fsp3) is 0.667. The number of halogens is 1. The van der Waals surface area contributed by atoms with E-state index in [1.54, 1.807) is 0 Å². The largest absolute Gasteiger partial charge is 0.357 e. The van der Waals surface area contributed by atoms with Gasteiger partial charge in [0.1, 0.15) is 0 Å². The number of anilines is 1. The zero-order valence-corrected chi connectivity index (χ0v) is 21.1. The average Bonchev–Trinajstić information content (AvgIpc) is 3.51. The number of amides is 1. The number of hydrogen-bond acceptors (Lipinski definition) is 3. The molecular weight excluding hydrogens is 501 g/mol. The Morgan fingerprint density at radius 2 is 1.97 bits per heavy atom. The molecule has 2 N–H and O–H groups in total. The first kappa shape index (κ1) is 24.3. The molecule has 0 bridgehead atoms. The monoisotopic (exact) mass is 539 g/mol. The molecule has 3 aliphatic rings. The van der Waals surface area contributed by atoms with Gasteiger partial charge in [-0.1, -0.05) is 31.0 Å². The van der Waals surface area contributed by atoms with E-state index in [0.717, 1.165) is 50.2 Å². The maximum Gasteiger partial charge on any atom is 0.227 e. The molecule has 2 fully saturated rings. The Labute approximate surface area is 204 Å². The summed E-state index contributed by atoms with van der Waals surface area (Å²) in [6, 6.07) is 9.53. The summed E-state index contributed by atoms with van der Waals surface area (Å²) in [6.07, 6.45) is 9.02. The van der Waals surface area contributed by atoms with Crippen LogP contribution < -0.4 is 15.5 Å². The molecule has 1 aromatic rings. The Morgan fingerprint density at radius 3 is 2.77 bits per heavy atom. The van der Waals surface area contributed by atoms with Crippen LogP contribution in [0.3, 0.4) is 0 Å². The van der Waals surface area contributed by atoms with E-state index < -0.39 is 0 Å². The first-order chi connectivity index (χ1) is 14.7. The molecule has 1 unspecified atom stereocenters. The maximum atomic E-state index is 12.7. The molecule has 1 saturated carbocycles.